The summed E-state index contributed by atoms with van der Waals surface area (Å²) in [5, 5.41) is 9.22. The number of aryl methyl sites for hydroxylation is 3. The minimum absolute atomic E-state index is 0.0576. The Kier molecular flexibility index (Phi) is 5.16. The summed E-state index contributed by atoms with van der Waals surface area (Å²) in [5.41, 5.74) is 3.06. The Morgan fingerprint density at radius 2 is 1.70 bits per heavy atom. The third-order valence-electron chi connectivity index (χ3n) is 3.41. The second kappa shape index (κ2) is 7.09. The molecular weight excluding hydrogens is 296 g/mol. The third-order valence-corrected chi connectivity index (χ3v) is 3.41. The predicted octanol–water partition coefficient (Wildman–Crippen LogP) is 2.62. The molecule has 1 aromatic heterocycles. The molecule has 2 aromatic rings. The van der Waals surface area contributed by atoms with Gasteiger partial charge in [-0.1, -0.05) is 0 Å². The summed E-state index contributed by atoms with van der Waals surface area (Å²) in [6, 6.07) is 6.14. The Hall–Kier alpha value is -2.63. The van der Waals surface area contributed by atoms with Crippen LogP contribution >= 0.6 is 0 Å². The molecule has 0 aliphatic rings. The number of benzene rings is 1. The minimum atomic E-state index is -0.764. The van der Waals surface area contributed by atoms with E-state index in [1.807, 2.05) is 20.8 Å². The van der Waals surface area contributed by atoms with Crippen LogP contribution < -0.4 is 4.74 Å². The second-order valence-corrected chi connectivity index (χ2v) is 5.29. The quantitative estimate of drug-likeness (QED) is 0.854. The first kappa shape index (κ1) is 16.7. The van der Waals surface area contributed by atoms with E-state index in [1.54, 1.807) is 19.1 Å². The van der Waals surface area contributed by atoms with Crippen LogP contribution in [0.25, 0.3) is 0 Å². The van der Waals surface area contributed by atoms with Gasteiger partial charge in [-0.05, 0) is 52.0 Å². The standard InChI is InChI=1S/C17H20N2O4/c1-10-11(2)19-16(12(3)18-10)9-22-17(21)13(4)23-15-7-5-14(20)6-8-15/h5-8,13,20H,9H2,1-4H3. The first-order valence-electron chi connectivity index (χ1n) is 7.30. The molecule has 0 bridgehead atoms. The van der Waals surface area contributed by atoms with Gasteiger partial charge in [0.15, 0.2) is 6.10 Å². The van der Waals surface area contributed by atoms with Gasteiger partial charge in [0.25, 0.3) is 0 Å². The van der Waals surface area contributed by atoms with Gasteiger partial charge in [0.2, 0.25) is 0 Å². The normalized spacial score (nSPS) is 11.8. The summed E-state index contributed by atoms with van der Waals surface area (Å²) in [7, 11) is 0. The van der Waals surface area contributed by atoms with Crippen LogP contribution in [-0.4, -0.2) is 27.1 Å². The van der Waals surface area contributed by atoms with Gasteiger partial charge in [-0.15, -0.1) is 0 Å². The van der Waals surface area contributed by atoms with Gasteiger partial charge in [0.1, 0.15) is 18.1 Å². The molecule has 0 aliphatic carbocycles. The summed E-state index contributed by atoms with van der Waals surface area (Å²) in [4.78, 5) is 20.8. The van der Waals surface area contributed by atoms with Crippen LogP contribution in [0, 0.1) is 20.8 Å². The van der Waals surface area contributed by atoms with Crippen molar-refractivity contribution in [3.63, 3.8) is 0 Å². The number of nitrogens with zero attached hydrogens (tertiary/aromatic N) is 2. The van der Waals surface area contributed by atoms with Crippen LogP contribution in [0.3, 0.4) is 0 Å². The van der Waals surface area contributed by atoms with Gasteiger partial charge >= 0.3 is 5.97 Å². The van der Waals surface area contributed by atoms with E-state index in [0.29, 0.717) is 11.4 Å². The van der Waals surface area contributed by atoms with Crippen LogP contribution in [0.2, 0.25) is 0 Å². The highest BCUT2D eigenvalue weighted by Gasteiger charge is 2.17. The largest absolute Gasteiger partial charge is 0.508 e. The summed E-state index contributed by atoms with van der Waals surface area (Å²) in [6.07, 6.45) is -0.764. The van der Waals surface area contributed by atoms with E-state index >= 15 is 0 Å². The van der Waals surface area contributed by atoms with Crippen molar-refractivity contribution in [3.05, 3.63) is 47.0 Å². The molecule has 0 radical (unpaired) electrons. The second-order valence-electron chi connectivity index (χ2n) is 5.29. The number of aromatic hydroxyl groups is 1. The number of rotatable bonds is 5. The van der Waals surface area contributed by atoms with Crippen molar-refractivity contribution >= 4 is 5.97 Å². The highest BCUT2D eigenvalue weighted by molar-refractivity contribution is 5.74. The zero-order chi connectivity index (χ0) is 17.0. The molecule has 23 heavy (non-hydrogen) atoms. The Labute approximate surface area is 135 Å². The maximum absolute atomic E-state index is 12.0. The smallest absolute Gasteiger partial charge is 0.347 e. The zero-order valence-corrected chi connectivity index (χ0v) is 13.7. The molecule has 1 aromatic carbocycles. The number of carbonyl (C=O) groups excluding carboxylic acids is 1. The van der Waals surface area contributed by atoms with E-state index in [0.717, 1.165) is 17.1 Å². The average Bonchev–Trinajstić information content (AvgIpc) is 2.51. The Morgan fingerprint density at radius 1 is 1.09 bits per heavy atom. The fourth-order valence-electron chi connectivity index (χ4n) is 1.93. The lowest BCUT2D eigenvalue weighted by Crippen LogP contribution is -2.26. The van der Waals surface area contributed by atoms with Crippen molar-refractivity contribution in [2.75, 3.05) is 0 Å². The van der Waals surface area contributed by atoms with Crippen LogP contribution in [-0.2, 0) is 16.1 Å². The van der Waals surface area contributed by atoms with Crippen LogP contribution in [0.15, 0.2) is 24.3 Å². The topological polar surface area (TPSA) is 81.5 Å². The van der Waals surface area contributed by atoms with Crippen LogP contribution in [0.1, 0.15) is 29.7 Å². The van der Waals surface area contributed by atoms with Crippen LogP contribution in [0.4, 0.5) is 0 Å². The van der Waals surface area contributed by atoms with Gasteiger partial charge in [0, 0.05) is 0 Å². The molecule has 0 amide bonds. The summed E-state index contributed by atoms with van der Waals surface area (Å²) in [5.74, 6) is 0.128. The summed E-state index contributed by atoms with van der Waals surface area (Å²) >= 11 is 0. The van der Waals surface area contributed by atoms with Gasteiger partial charge in [-0.25, -0.2) is 4.79 Å². The molecule has 0 fully saturated rings. The number of hydrogen-bond donors (Lipinski definition) is 1. The molecule has 122 valence electrons. The molecular formula is C17H20N2O4. The lowest BCUT2D eigenvalue weighted by Gasteiger charge is -2.14. The van der Waals surface area contributed by atoms with Gasteiger partial charge in [0.05, 0.1) is 22.8 Å². The number of hydrogen-bond acceptors (Lipinski definition) is 6. The number of carbonyl (C=O) groups is 1. The first-order valence-corrected chi connectivity index (χ1v) is 7.30. The first-order chi connectivity index (χ1) is 10.9. The number of phenols is 1. The summed E-state index contributed by atoms with van der Waals surface area (Å²) < 4.78 is 10.7. The maximum Gasteiger partial charge on any atom is 0.347 e. The molecule has 0 saturated carbocycles. The van der Waals surface area contributed by atoms with Gasteiger partial charge in [-0.2, -0.15) is 0 Å². The number of esters is 1. The van der Waals surface area contributed by atoms with Crippen molar-refractivity contribution in [2.45, 2.75) is 40.4 Å². The number of aromatic nitrogens is 2. The van der Waals surface area contributed by atoms with Crippen molar-refractivity contribution in [1.82, 2.24) is 9.97 Å². The van der Waals surface area contributed by atoms with Crippen molar-refractivity contribution < 1.29 is 19.4 Å². The fourth-order valence-corrected chi connectivity index (χ4v) is 1.93. The third kappa shape index (κ3) is 4.42. The highest BCUT2D eigenvalue weighted by atomic mass is 16.6. The molecule has 0 spiro atoms. The van der Waals surface area contributed by atoms with Crippen molar-refractivity contribution in [3.8, 4) is 11.5 Å². The Balaban J connectivity index is 1.94. The monoisotopic (exact) mass is 316 g/mol. The van der Waals surface area contributed by atoms with Gasteiger partial charge < -0.3 is 14.6 Å². The van der Waals surface area contributed by atoms with E-state index in [4.69, 9.17) is 9.47 Å². The van der Waals surface area contributed by atoms with Crippen LogP contribution in [0.5, 0.6) is 11.5 Å². The minimum Gasteiger partial charge on any atom is -0.508 e. The maximum atomic E-state index is 12.0. The molecule has 0 aliphatic heterocycles. The Morgan fingerprint density at radius 3 is 2.35 bits per heavy atom. The SMILES string of the molecule is Cc1nc(C)c(COC(=O)C(C)Oc2ccc(O)cc2)nc1C. The zero-order valence-electron chi connectivity index (χ0n) is 13.7. The lowest BCUT2D eigenvalue weighted by molar-refractivity contribution is -0.152. The molecule has 0 saturated heterocycles. The van der Waals surface area contributed by atoms with Gasteiger partial charge in [-0.3, -0.25) is 9.97 Å². The number of ether oxygens (including phenoxy) is 2. The lowest BCUT2D eigenvalue weighted by atomic mass is 10.2. The van der Waals surface area contributed by atoms with E-state index < -0.39 is 12.1 Å². The highest BCUT2D eigenvalue weighted by Crippen LogP contribution is 2.17. The molecule has 6 nitrogen and oxygen atoms in total. The van der Waals surface area contributed by atoms with E-state index in [9.17, 15) is 9.90 Å². The van der Waals surface area contributed by atoms with E-state index in [2.05, 4.69) is 9.97 Å². The number of phenolic OH excluding ortho intramolecular Hbond substituents is 1. The molecule has 6 heteroatoms. The molecule has 1 N–H and O–H groups in total. The van der Waals surface area contributed by atoms with Crippen molar-refractivity contribution in [1.29, 1.82) is 0 Å². The van der Waals surface area contributed by atoms with E-state index in [-0.39, 0.29) is 12.4 Å². The average molecular weight is 316 g/mol. The Bertz CT molecular complexity index is 698. The predicted molar refractivity (Wildman–Crippen MR) is 84.2 cm³/mol. The summed E-state index contributed by atoms with van der Waals surface area (Å²) in [6.45, 7) is 7.25. The van der Waals surface area contributed by atoms with E-state index in [1.165, 1.54) is 12.1 Å². The molecule has 2 rings (SSSR count). The molecule has 1 atom stereocenters. The fraction of sp³-hybridized carbons (Fsp3) is 0.353. The molecule has 1 unspecified atom stereocenters. The van der Waals surface area contributed by atoms with Crippen molar-refractivity contribution in [2.24, 2.45) is 0 Å². The molecule has 1 heterocycles.